The number of para-hydroxylation sites is 1. The Kier molecular flexibility index (Phi) is 7.76. The lowest BCUT2D eigenvalue weighted by atomic mass is 10.0. The van der Waals surface area contributed by atoms with Crippen LogP contribution < -0.4 is 10.1 Å². The van der Waals surface area contributed by atoms with Crippen molar-refractivity contribution in [1.82, 2.24) is 10.2 Å². The first-order valence-corrected chi connectivity index (χ1v) is 8.09. The molecule has 0 saturated carbocycles. The van der Waals surface area contributed by atoms with Gasteiger partial charge in [0.25, 0.3) is 0 Å². The Morgan fingerprint density at radius 3 is 2.29 bits per heavy atom. The predicted molar refractivity (Wildman–Crippen MR) is 91.0 cm³/mol. The van der Waals surface area contributed by atoms with Gasteiger partial charge in [-0.3, -0.25) is 4.90 Å². The first kappa shape index (κ1) is 18.0. The lowest BCUT2D eigenvalue weighted by molar-refractivity contribution is 0.176. The van der Waals surface area contributed by atoms with Gasteiger partial charge in [0, 0.05) is 30.7 Å². The fraction of sp³-hybridized carbons (Fsp3) is 0.667. The predicted octanol–water partition coefficient (Wildman–Crippen LogP) is 3.71. The zero-order valence-electron chi connectivity index (χ0n) is 14.5. The van der Waals surface area contributed by atoms with Gasteiger partial charge in [-0.2, -0.15) is 0 Å². The first-order chi connectivity index (χ1) is 9.99. The number of methoxy groups -OCH3 is 1. The molecule has 0 radical (unpaired) electrons. The van der Waals surface area contributed by atoms with Crippen molar-refractivity contribution in [3.05, 3.63) is 29.8 Å². The van der Waals surface area contributed by atoms with Crippen LogP contribution in [0.1, 0.15) is 46.2 Å². The molecule has 3 heteroatoms. The third-order valence-electron chi connectivity index (χ3n) is 3.71. The molecular formula is C18H32N2O. The van der Waals surface area contributed by atoms with E-state index in [1.54, 1.807) is 7.11 Å². The fourth-order valence-electron chi connectivity index (χ4n) is 2.67. The molecule has 1 aromatic rings. The average Bonchev–Trinajstić information content (AvgIpc) is 2.45. The lowest BCUT2D eigenvalue weighted by Gasteiger charge is -2.33. The lowest BCUT2D eigenvalue weighted by Crippen LogP contribution is -2.41. The molecule has 0 saturated heterocycles. The van der Waals surface area contributed by atoms with Crippen LogP contribution in [0, 0.1) is 5.92 Å². The van der Waals surface area contributed by atoms with Crippen LogP contribution in [0.3, 0.4) is 0 Å². The fourth-order valence-corrected chi connectivity index (χ4v) is 2.67. The molecule has 1 unspecified atom stereocenters. The van der Waals surface area contributed by atoms with Gasteiger partial charge in [-0.1, -0.05) is 39.0 Å². The molecule has 0 aliphatic carbocycles. The highest BCUT2D eigenvalue weighted by Crippen LogP contribution is 2.26. The van der Waals surface area contributed by atoms with E-state index in [1.165, 1.54) is 5.56 Å². The zero-order chi connectivity index (χ0) is 15.8. The number of likely N-dealkylation sites (N-methyl/N-ethyl adjacent to an activating group) is 1. The summed E-state index contributed by atoms with van der Waals surface area (Å²) in [6.07, 6.45) is 0. The van der Waals surface area contributed by atoms with Crippen LogP contribution in [0.15, 0.2) is 24.3 Å². The van der Waals surface area contributed by atoms with Gasteiger partial charge >= 0.3 is 0 Å². The maximum Gasteiger partial charge on any atom is 0.123 e. The van der Waals surface area contributed by atoms with Crippen LogP contribution in [0.2, 0.25) is 0 Å². The molecule has 0 amide bonds. The molecule has 1 rings (SSSR count). The smallest absolute Gasteiger partial charge is 0.123 e. The van der Waals surface area contributed by atoms with Crippen molar-refractivity contribution in [1.29, 1.82) is 0 Å². The van der Waals surface area contributed by atoms with Gasteiger partial charge in [0.05, 0.1) is 7.11 Å². The van der Waals surface area contributed by atoms with Crippen molar-refractivity contribution >= 4 is 0 Å². The van der Waals surface area contributed by atoms with E-state index >= 15 is 0 Å². The van der Waals surface area contributed by atoms with E-state index in [2.05, 4.69) is 57.0 Å². The van der Waals surface area contributed by atoms with Crippen LogP contribution in [-0.2, 0) is 0 Å². The van der Waals surface area contributed by atoms with E-state index in [9.17, 15) is 0 Å². The highest BCUT2D eigenvalue weighted by atomic mass is 16.5. The molecular weight excluding hydrogens is 260 g/mol. The Hall–Kier alpha value is -1.06. The Bertz CT molecular complexity index is 404. The summed E-state index contributed by atoms with van der Waals surface area (Å²) in [6, 6.07) is 9.17. The Morgan fingerprint density at radius 1 is 1.10 bits per heavy atom. The third-order valence-corrected chi connectivity index (χ3v) is 3.71. The van der Waals surface area contributed by atoms with E-state index in [1.807, 2.05) is 12.1 Å². The van der Waals surface area contributed by atoms with Crippen molar-refractivity contribution in [3.8, 4) is 5.75 Å². The molecule has 0 fully saturated rings. The summed E-state index contributed by atoms with van der Waals surface area (Å²) in [7, 11) is 1.75. The Balaban J connectivity index is 2.94. The summed E-state index contributed by atoms with van der Waals surface area (Å²) < 4.78 is 5.54. The number of ether oxygens (including phenoxy) is 1. The van der Waals surface area contributed by atoms with E-state index in [-0.39, 0.29) is 0 Å². The molecule has 0 aliphatic rings. The minimum absolute atomic E-state index is 0.298. The molecule has 1 aromatic carbocycles. The molecule has 0 aliphatic heterocycles. The van der Waals surface area contributed by atoms with Crippen molar-refractivity contribution in [2.75, 3.05) is 26.7 Å². The van der Waals surface area contributed by atoms with Crippen LogP contribution in [0.5, 0.6) is 5.75 Å². The van der Waals surface area contributed by atoms with Crippen LogP contribution in [0.25, 0.3) is 0 Å². The largest absolute Gasteiger partial charge is 0.496 e. The SMILES string of the molecule is CCNC(CN(CC(C)C)C(C)C)c1ccccc1OC. The second-order valence-corrected chi connectivity index (χ2v) is 6.29. The second-order valence-electron chi connectivity index (χ2n) is 6.29. The van der Waals surface area contributed by atoms with Gasteiger partial charge in [0.15, 0.2) is 0 Å². The average molecular weight is 292 g/mol. The number of rotatable bonds is 9. The molecule has 0 heterocycles. The Morgan fingerprint density at radius 2 is 1.76 bits per heavy atom. The van der Waals surface area contributed by atoms with E-state index < -0.39 is 0 Å². The van der Waals surface area contributed by atoms with Crippen molar-refractivity contribution in [3.63, 3.8) is 0 Å². The first-order valence-electron chi connectivity index (χ1n) is 8.09. The molecule has 0 bridgehead atoms. The molecule has 1 N–H and O–H groups in total. The maximum atomic E-state index is 5.54. The maximum absolute atomic E-state index is 5.54. The van der Waals surface area contributed by atoms with Crippen molar-refractivity contribution < 1.29 is 4.74 Å². The number of nitrogens with zero attached hydrogens (tertiary/aromatic N) is 1. The minimum atomic E-state index is 0.298. The third kappa shape index (κ3) is 5.68. The minimum Gasteiger partial charge on any atom is -0.496 e. The highest BCUT2D eigenvalue weighted by Gasteiger charge is 2.20. The van der Waals surface area contributed by atoms with E-state index in [0.29, 0.717) is 18.0 Å². The van der Waals surface area contributed by atoms with E-state index in [0.717, 1.165) is 25.4 Å². The monoisotopic (exact) mass is 292 g/mol. The summed E-state index contributed by atoms with van der Waals surface area (Å²) in [6.45, 7) is 14.3. The standard InChI is InChI=1S/C18H32N2O/c1-7-19-17(13-20(15(4)5)12-14(2)3)16-10-8-9-11-18(16)21-6/h8-11,14-15,17,19H,7,12-13H2,1-6H3. The van der Waals surface area contributed by atoms with Crippen LogP contribution in [0.4, 0.5) is 0 Å². The summed E-state index contributed by atoms with van der Waals surface area (Å²) in [5, 5.41) is 3.61. The Labute approximate surface area is 130 Å². The normalized spacial score (nSPS) is 13.2. The number of nitrogens with one attached hydrogen (secondary N) is 1. The van der Waals surface area contributed by atoms with Crippen LogP contribution in [-0.4, -0.2) is 37.7 Å². The zero-order valence-corrected chi connectivity index (χ0v) is 14.5. The van der Waals surface area contributed by atoms with Gasteiger partial charge < -0.3 is 10.1 Å². The molecule has 120 valence electrons. The summed E-state index contributed by atoms with van der Waals surface area (Å²) in [4.78, 5) is 2.55. The van der Waals surface area contributed by atoms with Crippen molar-refractivity contribution in [2.45, 2.75) is 46.7 Å². The quantitative estimate of drug-likeness (QED) is 0.751. The molecule has 1 atom stereocenters. The number of benzene rings is 1. The summed E-state index contributed by atoms with van der Waals surface area (Å²) >= 11 is 0. The van der Waals surface area contributed by atoms with E-state index in [4.69, 9.17) is 4.74 Å². The summed E-state index contributed by atoms with van der Waals surface area (Å²) in [5.41, 5.74) is 1.25. The second kappa shape index (κ2) is 9.06. The highest BCUT2D eigenvalue weighted by molar-refractivity contribution is 5.36. The molecule has 0 spiro atoms. The number of hydrogen-bond donors (Lipinski definition) is 1. The topological polar surface area (TPSA) is 24.5 Å². The molecule has 0 aromatic heterocycles. The van der Waals surface area contributed by atoms with Gasteiger partial charge in [0.2, 0.25) is 0 Å². The van der Waals surface area contributed by atoms with Gasteiger partial charge in [-0.15, -0.1) is 0 Å². The number of hydrogen-bond acceptors (Lipinski definition) is 3. The summed E-state index contributed by atoms with van der Waals surface area (Å²) in [5.74, 6) is 1.64. The van der Waals surface area contributed by atoms with Crippen molar-refractivity contribution in [2.24, 2.45) is 5.92 Å². The van der Waals surface area contributed by atoms with Gasteiger partial charge in [-0.25, -0.2) is 0 Å². The van der Waals surface area contributed by atoms with Gasteiger partial charge in [-0.05, 0) is 32.4 Å². The molecule has 3 nitrogen and oxygen atoms in total. The molecule has 21 heavy (non-hydrogen) atoms. The van der Waals surface area contributed by atoms with Gasteiger partial charge in [0.1, 0.15) is 5.75 Å². The van der Waals surface area contributed by atoms with Crippen LogP contribution >= 0.6 is 0 Å².